The van der Waals surface area contributed by atoms with E-state index in [9.17, 15) is 18.7 Å². The number of halogens is 2. The number of nitrogens with zero attached hydrogens (tertiary/aromatic N) is 2. The van der Waals surface area contributed by atoms with Crippen molar-refractivity contribution in [1.29, 1.82) is 0 Å². The number of anilines is 1. The number of alkyl halides is 2. The minimum absolute atomic E-state index is 0.0491. The zero-order chi connectivity index (χ0) is 17.1. The summed E-state index contributed by atoms with van der Waals surface area (Å²) in [6, 6.07) is 5.82. The van der Waals surface area contributed by atoms with Gasteiger partial charge in [-0.25, -0.2) is 4.79 Å². The Morgan fingerprint density at radius 1 is 1.42 bits per heavy atom. The molecule has 3 rings (SSSR count). The van der Waals surface area contributed by atoms with Gasteiger partial charge in [0.1, 0.15) is 5.52 Å². The second-order valence-electron chi connectivity index (χ2n) is 5.56. The number of benzene rings is 1. The van der Waals surface area contributed by atoms with E-state index in [0.717, 1.165) is 6.42 Å². The highest BCUT2D eigenvalue weighted by atomic mass is 19.3. The van der Waals surface area contributed by atoms with Crippen LogP contribution in [0.5, 0.6) is 5.75 Å². The molecule has 2 N–H and O–H groups in total. The van der Waals surface area contributed by atoms with E-state index in [1.165, 1.54) is 23.2 Å². The first-order valence-electron chi connectivity index (χ1n) is 7.61. The van der Waals surface area contributed by atoms with Crippen LogP contribution in [0.25, 0.3) is 10.9 Å². The molecule has 1 aromatic heterocycles. The van der Waals surface area contributed by atoms with Crippen molar-refractivity contribution in [2.24, 2.45) is 0 Å². The van der Waals surface area contributed by atoms with Crippen LogP contribution in [0.4, 0.5) is 19.3 Å². The lowest BCUT2D eigenvalue weighted by molar-refractivity contribution is -0.0489. The Morgan fingerprint density at radius 3 is 3.00 bits per heavy atom. The van der Waals surface area contributed by atoms with Gasteiger partial charge < -0.3 is 20.1 Å². The number of rotatable bonds is 3. The summed E-state index contributed by atoms with van der Waals surface area (Å²) in [5.74, 6) is -0.0491. The van der Waals surface area contributed by atoms with Crippen molar-refractivity contribution in [3.63, 3.8) is 0 Å². The lowest BCUT2D eigenvalue weighted by atomic mass is 10.1. The molecule has 1 fully saturated rings. The standard InChI is InChI=1S/C16H17F2N3O3/c17-15(18)24-13-6-5-12(11-4-1-7-19-14(11)13)20-16(23)21-8-2-3-10(22)9-21/h1,4-7,10,15,22H,2-3,8-9H2,(H,20,23). The van der Waals surface area contributed by atoms with Crippen LogP contribution in [0.1, 0.15) is 12.8 Å². The Labute approximate surface area is 137 Å². The van der Waals surface area contributed by atoms with Gasteiger partial charge in [0.05, 0.1) is 11.8 Å². The quantitative estimate of drug-likeness (QED) is 0.903. The largest absolute Gasteiger partial charge is 0.432 e. The molecule has 1 saturated heterocycles. The molecule has 2 amide bonds. The molecule has 2 aromatic rings. The average Bonchev–Trinajstić information content (AvgIpc) is 2.56. The number of amides is 2. The SMILES string of the molecule is O=C(Nc1ccc(OC(F)F)c2ncccc12)N1CCCC(O)C1. The topological polar surface area (TPSA) is 74.7 Å². The van der Waals surface area contributed by atoms with Crippen LogP contribution in [-0.4, -0.2) is 46.8 Å². The molecule has 8 heteroatoms. The summed E-state index contributed by atoms with van der Waals surface area (Å²) in [4.78, 5) is 17.9. The Bertz CT molecular complexity index is 742. The fourth-order valence-corrected chi connectivity index (χ4v) is 2.78. The van der Waals surface area contributed by atoms with E-state index in [1.54, 1.807) is 12.1 Å². The zero-order valence-corrected chi connectivity index (χ0v) is 12.8. The summed E-state index contributed by atoms with van der Waals surface area (Å²) in [5.41, 5.74) is 0.694. The summed E-state index contributed by atoms with van der Waals surface area (Å²) < 4.78 is 29.4. The summed E-state index contributed by atoms with van der Waals surface area (Å²) in [6.45, 7) is -2.12. The predicted molar refractivity (Wildman–Crippen MR) is 84.2 cm³/mol. The summed E-state index contributed by atoms with van der Waals surface area (Å²) in [5, 5.41) is 12.9. The Kier molecular flexibility index (Phi) is 4.75. The molecule has 0 saturated carbocycles. The van der Waals surface area contributed by atoms with Gasteiger partial charge in [-0.05, 0) is 37.1 Å². The van der Waals surface area contributed by atoms with Crippen LogP contribution in [0.2, 0.25) is 0 Å². The minimum atomic E-state index is -2.95. The number of piperidine rings is 1. The Morgan fingerprint density at radius 2 is 2.25 bits per heavy atom. The number of β-amino-alcohol motifs (C(OH)–C–C–N with tert-alkyl or cyclic N) is 1. The van der Waals surface area contributed by atoms with E-state index >= 15 is 0 Å². The van der Waals surface area contributed by atoms with Crippen LogP contribution in [0.3, 0.4) is 0 Å². The number of pyridine rings is 1. The number of fused-ring (bicyclic) bond motifs is 1. The van der Waals surface area contributed by atoms with Crippen molar-refractivity contribution in [2.75, 3.05) is 18.4 Å². The van der Waals surface area contributed by atoms with Crippen LogP contribution < -0.4 is 10.1 Å². The first-order chi connectivity index (χ1) is 11.5. The van der Waals surface area contributed by atoms with Crippen LogP contribution in [0, 0.1) is 0 Å². The van der Waals surface area contributed by atoms with Gasteiger partial charge in [-0.2, -0.15) is 8.78 Å². The molecule has 6 nitrogen and oxygen atoms in total. The fraction of sp³-hybridized carbons (Fsp3) is 0.375. The number of ether oxygens (including phenoxy) is 1. The maximum absolute atomic E-state index is 12.5. The van der Waals surface area contributed by atoms with Gasteiger partial charge in [-0.1, -0.05) is 0 Å². The number of carbonyl (C=O) groups excluding carboxylic acids is 1. The van der Waals surface area contributed by atoms with Crippen molar-refractivity contribution in [2.45, 2.75) is 25.6 Å². The first-order valence-corrected chi connectivity index (χ1v) is 7.61. The zero-order valence-electron chi connectivity index (χ0n) is 12.8. The number of aliphatic hydroxyl groups excluding tert-OH is 1. The smallest absolute Gasteiger partial charge is 0.387 e. The molecule has 0 spiro atoms. The molecule has 2 heterocycles. The van der Waals surface area contributed by atoms with Crippen molar-refractivity contribution in [3.05, 3.63) is 30.5 Å². The number of hydrogen-bond acceptors (Lipinski definition) is 4. The lowest BCUT2D eigenvalue weighted by Crippen LogP contribution is -2.44. The molecule has 0 bridgehead atoms. The highest BCUT2D eigenvalue weighted by Gasteiger charge is 2.23. The number of likely N-dealkylation sites (tertiary alicyclic amines) is 1. The Hall–Kier alpha value is -2.48. The Balaban J connectivity index is 1.86. The van der Waals surface area contributed by atoms with E-state index in [0.29, 0.717) is 24.0 Å². The minimum Gasteiger partial charge on any atom is -0.432 e. The van der Waals surface area contributed by atoms with Crippen molar-refractivity contribution < 1.29 is 23.4 Å². The number of carbonyl (C=O) groups is 1. The molecular weight excluding hydrogens is 320 g/mol. The second kappa shape index (κ2) is 6.96. The van der Waals surface area contributed by atoms with Gasteiger partial charge in [0.15, 0.2) is 5.75 Å². The normalized spacial score (nSPS) is 18.0. The summed E-state index contributed by atoms with van der Waals surface area (Å²) in [6.07, 6.45) is 2.35. The number of urea groups is 1. The molecular formula is C16H17F2N3O3. The van der Waals surface area contributed by atoms with Gasteiger partial charge in [-0.15, -0.1) is 0 Å². The third-order valence-corrected chi connectivity index (χ3v) is 3.87. The molecule has 128 valence electrons. The number of hydrogen-bond donors (Lipinski definition) is 2. The number of aromatic nitrogens is 1. The lowest BCUT2D eigenvalue weighted by Gasteiger charge is -2.30. The van der Waals surface area contributed by atoms with E-state index in [2.05, 4.69) is 15.0 Å². The van der Waals surface area contributed by atoms with Gasteiger partial charge in [-0.3, -0.25) is 4.98 Å². The van der Waals surface area contributed by atoms with Crippen molar-refractivity contribution in [1.82, 2.24) is 9.88 Å². The van der Waals surface area contributed by atoms with Crippen LogP contribution >= 0.6 is 0 Å². The van der Waals surface area contributed by atoms with Gasteiger partial charge in [0, 0.05) is 24.7 Å². The molecule has 0 radical (unpaired) electrons. The van der Waals surface area contributed by atoms with E-state index in [4.69, 9.17) is 0 Å². The van der Waals surface area contributed by atoms with Crippen LogP contribution in [-0.2, 0) is 0 Å². The maximum atomic E-state index is 12.5. The molecule has 1 aromatic carbocycles. The molecule has 0 aliphatic carbocycles. The molecule has 1 unspecified atom stereocenters. The van der Waals surface area contributed by atoms with Crippen molar-refractivity contribution >= 4 is 22.6 Å². The van der Waals surface area contributed by atoms with Crippen LogP contribution in [0.15, 0.2) is 30.5 Å². The van der Waals surface area contributed by atoms with Gasteiger partial charge >= 0.3 is 12.6 Å². The first kappa shape index (κ1) is 16.4. The summed E-state index contributed by atoms with van der Waals surface area (Å²) in [7, 11) is 0. The van der Waals surface area contributed by atoms with Gasteiger partial charge in [0.2, 0.25) is 0 Å². The number of nitrogens with one attached hydrogen (secondary N) is 1. The monoisotopic (exact) mass is 337 g/mol. The van der Waals surface area contributed by atoms with E-state index in [1.807, 2.05) is 0 Å². The van der Waals surface area contributed by atoms with Crippen molar-refractivity contribution in [3.8, 4) is 5.75 Å². The van der Waals surface area contributed by atoms with Gasteiger partial charge in [0.25, 0.3) is 0 Å². The third-order valence-electron chi connectivity index (χ3n) is 3.87. The molecule has 24 heavy (non-hydrogen) atoms. The predicted octanol–water partition coefficient (Wildman–Crippen LogP) is 2.82. The number of aliphatic hydroxyl groups is 1. The second-order valence-corrected chi connectivity index (χ2v) is 5.56. The third kappa shape index (κ3) is 3.53. The maximum Gasteiger partial charge on any atom is 0.387 e. The van der Waals surface area contributed by atoms with E-state index in [-0.39, 0.29) is 23.8 Å². The average molecular weight is 337 g/mol. The molecule has 1 aliphatic rings. The highest BCUT2D eigenvalue weighted by molar-refractivity contribution is 6.02. The van der Waals surface area contributed by atoms with E-state index < -0.39 is 12.7 Å². The molecule has 1 aliphatic heterocycles. The summed E-state index contributed by atoms with van der Waals surface area (Å²) >= 11 is 0. The highest BCUT2D eigenvalue weighted by Crippen LogP contribution is 2.31. The fourth-order valence-electron chi connectivity index (χ4n) is 2.78. The molecule has 1 atom stereocenters.